The predicted molar refractivity (Wildman–Crippen MR) is 64.8 cm³/mol. The van der Waals surface area contributed by atoms with Crippen LogP contribution in [0.3, 0.4) is 0 Å². The average molecular weight is 239 g/mol. The Morgan fingerprint density at radius 1 is 1.29 bits per heavy atom. The van der Waals surface area contributed by atoms with Gasteiger partial charge in [-0.15, -0.1) is 0 Å². The molecule has 14 heavy (non-hydrogen) atoms. The van der Waals surface area contributed by atoms with E-state index in [4.69, 9.17) is 0 Å². The predicted octanol–water partition coefficient (Wildman–Crippen LogP) is 1.15. The van der Waals surface area contributed by atoms with E-state index in [0.717, 1.165) is 5.75 Å². The summed E-state index contributed by atoms with van der Waals surface area (Å²) in [6.07, 6.45) is 2.04. The van der Waals surface area contributed by atoms with Crippen molar-refractivity contribution >= 4 is 21.6 Å². The summed E-state index contributed by atoms with van der Waals surface area (Å²) in [4.78, 5) is 0. The molecule has 0 saturated heterocycles. The van der Waals surface area contributed by atoms with Crippen molar-refractivity contribution in [2.24, 2.45) is 0 Å². The minimum atomic E-state index is -2.88. The van der Waals surface area contributed by atoms with Crippen LogP contribution < -0.4 is 5.32 Å². The van der Waals surface area contributed by atoms with Crippen molar-refractivity contribution in [3.05, 3.63) is 0 Å². The van der Waals surface area contributed by atoms with Gasteiger partial charge in [-0.1, -0.05) is 0 Å². The minimum Gasteiger partial charge on any atom is -0.312 e. The van der Waals surface area contributed by atoms with Crippen LogP contribution in [-0.2, 0) is 9.84 Å². The Balaban J connectivity index is 3.74. The topological polar surface area (TPSA) is 46.2 Å². The van der Waals surface area contributed by atoms with E-state index in [1.54, 1.807) is 25.6 Å². The van der Waals surface area contributed by atoms with Crippen LogP contribution in [0.5, 0.6) is 0 Å². The zero-order chi connectivity index (χ0) is 11.2. The second kappa shape index (κ2) is 6.69. The molecule has 1 N–H and O–H groups in total. The Bertz CT molecular complexity index is 237. The third-order valence-corrected chi connectivity index (χ3v) is 5.06. The van der Waals surface area contributed by atoms with Crippen molar-refractivity contribution in [3.8, 4) is 0 Å². The molecule has 0 heterocycles. The molecule has 1 atom stereocenters. The lowest BCUT2D eigenvalue weighted by atomic mass is 10.4. The zero-order valence-corrected chi connectivity index (χ0v) is 11.0. The summed E-state index contributed by atoms with van der Waals surface area (Å²) in [6.45, 7) is 6.07. The molecule has 0 aromatic carbocycles. The average Bonchev–Trinajstić information content (AvgIpc) is 2.04. The summed E-state index contributed by atoms with van der Waals surface area (Å²) in [5, 5.41) is 2.93. The van der Waals surface area contributed by atoms with Crippen molar-refractivity contribution in [3.63, 3.8) is 0 Å². The highest BCUT2D eigenvalue weighted by Gasteiger charge is 2.15. The molecule has 1 unspecified atom stereocenters. The highest BCUT2D eigenvalue weighted by molar-refractivity contribution is 7.98. The van der Waals surface area contributed by atoms with E-state index in [0.29, 0.717) is 12.6 Å². The Kier molecular flexibility index (Phi) is 6.81. The molecular weight excluding hydrogens is 218 g/mol. The first kappa shape index (κ1) is 14.3. The van der Waals surface area contributed by atoms with Crippen molar-refractivity contribution in [1.82, 2.24) is 5.32 Å². The Labute approximate surface area is 92.0 Å². The summed E-state index contributed by atoms with van der Waals surface area (Å²) in [5.74, 6) is 1.26. The molecule has 0 aliphatic carbocycles. The molecule has 0 aliphatic heterocycles. The highest BCUT2D eigenvalue weighted by atomic mass is 32.2. The van der Waals surface area contributed by atoms with Gasteiger partial charge in [-0.05, 0) is 27.0 Å². The Hall–Kier alpha value is 0.260. The SMILES string of the molecule is CSCC(C)NCCS(=O)(=O)C(C)C. The lowest BCUT2D eigenvalue weighted by Crippen LogP contribution is -2.34. The molecule has 5 heteroatoms. The maximum atomic E-state index is 11.4. The van der Waals surface area contributed by atoms with Crippen LogP contribution in [0.1, 0.15) is 20.8 Å². The van der Waals surface area contributed by atoms with Crippen LogP contribution in [-0.4, -0.2) is 44.0 Å². The molecule has 86 valence electrons. The van der Waals surface area contributed by atoms with Gasteiger partial charge in [0.15, 0.2) is 9.84 Å². The Morgan fingerprint density at radius 3 is 2.29 bits per heavy atom. The van der Waals surface area contributed by atoms with E-state index in [2.05, 4.69) is 12.2 Å². The van der Waals surface area contributed by atoms with E-state index in [1.807, 2.05) is 6.26 Å². The van der Waals surface area contributed by atoms with Crippen LogP contribution in [0.2, 0.25) is 0 Å². The first-order valence-electron chi connectivity index (χ1n) is 4.84. The van der Waals surface area contributed by atoms with E-state index in [1.165, 1.54) is 0 Å². The van der Waals surface area contributed by atoms with Crippen LogP contribution in [0.15, 0.2) is 0 Å². The Morgan fingerprint density at radius 2 is 1.86 bits per heavy atom. The van der Waals surface area contributed by atoms with Gasteiger partial charge in [-0.2, -0.15) is 11.8 Å². The molecule has 0 bridgehead atoms. The summed E-state index contributed by atoms with van der Waals surface area (Å²) < 4.78 is 22.8. The second-order valence-electron chi connectivity index (χ2n) is 3.73. The standard InChI is InChI=1S/C9H21NO2S2/c1-8(2)14(11,12)6-5-10-9(3)7-13-4/h8-10H,5-7H2,1-4H3. The van der Waals surface area contributed by atoms with Gasteiger partial charge >= 0.3 is 0 Å². The molecule has 0 aromatic heterocycles. The zero-order valence-electron chi connectivity index (χ0n) is 9.41. The summed E-state index contributed by atoms with van der Waals surface area (Å²) >= 11 is 1.76. The van der Waals surface area contributed by atoms with E-state index in [9.17, 15) is 8.42 Å². The molecule has 0 radical (unpaired) electrons. The highest BCUT2D eigenvalue weighted by Crippen LogP contribution is 2.00. The van der Waals surface area contributed by atoms with E-state index in [-0.39, 0.29) is 11.0 Å². The lowest BCUT2D eigenvalue weighted by Gasteiger charge is -2.13. The fourth-order valence-corrected chi connectivity index (χ4v) is 2.48. The third kappa shape index (κ3) is 5.88. The van der Waals surface area contributed by atoms with Gasteiger partial charge in [-0.25, -0.2) is 8.42 Å². The van der Waals surface area contributed by atoms with Gasteiger partial charge in [0.05, 0.1) is 11.0 Å². The van der Waals surface area contributed by atoms with Crippen LogP contribution >= 0.6 is 11.8 Å². The van der Waals surface area contributed by atoms with Gasteiger partial charge in [0.25, 0.3) is 0 Å². The largest absolute Gasteiger partial charge is 0.312 e. The molecular formula is C9H21NO2S2. The maximum Gasteiger partial charge on any atom is 0.153 e. The van der Waals surface area contributed by atoms with E-state index >= 15 is 0 Å². The van der Waals surface area contributed by atoms with Gasteiger partial charge in [-0.3, -0.25) is 0 Å². The summed E-state index contributed by atoms with van der Waals surface area (Å²) in [5.41, 5.74) is 0. The number of nitrogens with one attached hydrogen (secondary N) is 1. The van der Waals surface area contributed by atoms with Crippen molar-refractivity contribution in [2.75, 3.05) is 24.3 Å². The monoisotopic (exact) mass is 239 g/mol. The fourth-order valence-electron chi connectivity index (χ4n) is 0.992. The molecule has 0 aliphatic rings. The van der Waals surface area contributed by atoms with Crippen LogP contribution in [0.4, 0.5) is 0 Å². The van der Waals surface area contributed by atoms with Crippen LogP contribution in [0.25, 0.3) is 0 Å². The molecule has 0 amide bonds. The summed E-state index contributed by atoms with van der Waals surface area (Å²) in [7, 11) is -2.88. The minimum absolute atomic E-state index is 0.239. The molecule has 0 saturated carbocycles. The molecule has 0 fully saturated rings. The van der Waals surface area contributed by atoms with Crippen LogP contribution in [0, 0.1) is 0 Å². The van der Waals surface area contributed by atoms with Gasteiger partial charge in [0, 0.05) is 18.3 Å². The van der Waals surface area contributed by atoms with Crippen molar-refractivity contribution in [1.29, 1.82) is 0 Å². The maximum absolute atomic E-state index is 11.4. The van der Waals surface area contributed by atoms with Gasteiger partial charge in [0.2, 0.25) is 0 Å². The molecule has 3 nitrogen and oxygen atoms in total. The smallest absolute Gasteiger partial charge is 0.153 e. The normalized spacial score (nSPS) is 14.6. The number of hydrogen-bond acceptors (Lipinski definition) is 4. The molecule has 0 aromatic rings. The quantitative estimate of drug-likeness (QED) is 0.724. The molecule has 0 rings (SSSR count). The second-order valence-corrected chi connectivity index (χ2v) is 7.31. The summed E-state index contributed by atoms with van der Waals surface area (Å²) in [6, 6.07) is 0.382. The lowest BCUT2D eigenvalue weighted by molar-refractivity contribution is 0.573. The number of sulfone groups is 1. The van der Waals surface area contributed by atoms with Crippen molar-refractivity contribution < 1.29 is 8.42 Å². The van der Waals surface area contributed by atoms with Gasteiger partial charge in [0.1, 0.15) is 0 Å². The number of hydrogen-bond donors (Lipinski definition) is 1. The third-order valence-electron chi connectivity index (χ3n) is 2.01. The number of thioether (sulfide) groups is 1. The fraction of sp³-hybridized carbons (Fsp3) is 1.00. The van der Waals surface area contributed by atoms with Crippen molar-refractivity contribution in [2.45, 2.75) is 32.1 Å². The molecule has 0 spiro atoms. The first-order chi connectivity index (χ1) is 6.40. The van der Waals surface area contributed by atoms with E-state index < -0.39 is 9.84 Å². The van der Waals surface area contributed by atoms with Gasteiger partial charge < -0.3 is 5.32 Å². The first-order valence-corrected chi connectivity index (χ1v) is 7.95. The number of rotatable bonds is 7.